The van der Waals surface area contributed by atoms with Crippen molar-refractivity contribution in [1.82, 2.24) is 10.3 Å². The van der Waals surface area contributed by atoms with E-state index in [2.05, 4.69) is 42.2 Å². The zero-order valence-electron chi connectivity index (χ0n) is 11.2. The molecule has 0 amide bonds. The standard InChI is InChI=1S/C15H13Br2FN2O/c1-19-12-6-14(15-11(17)4-8(16)7-20-15)21-13-5-9(18)2-3-10(12)13/h2-5,7,12,14,19H,6H2,1H3. The Morgan fingerprint density at radius 2 is 2.14 bits per heavy atom. The fraction of sp³-hybridized carbons (Fsp3) is 0.267. The normalized spacial score (nSPS) is 20.8. The summed E-state index contributed by atoms with van der Waals surface area (Å²) in [6.45, 7) is 0. The zero-order valence-corrected chi connectivity index (χ0v) is 14.4. The van der Waals surface area contributed by atoms with E-state index in [0.29, 0.717) is 5.75 Å². The summed E-state index contributed by atoms with van der Waals surface area (Å²) in [6, 6.07) is 6.70. The van der Waals surface area contributed by atoms with E-state index >= 15 is 0 Å². The highest BCUT2D eigenvalue weighted by atomic mass is 79.9. The van der Waals surface area contributed by atoms with Gasteiger partial charge in [-0.2, -0.15) is 0 Å². The number of rotatable bonds is 2. The number of halogens is 3. The first-order valence-corrected chi connectivity index (χ1v) is 8.11. The van der Waals surface area contributed by atoms with Crippen LogP contribution in [0, 0.1) is 5.82 Å². The smallest absolute Gasteiger partial charge is 0.143 e. The van der Waals surface area contributed by atoms with Gasteiger partial charge in [-0.1, -0.05) is 6.07 Å². The molecule has 1 N–H and O–H groups in total. The van der Waals surface area contributed by atoms with Gasteiger partial charge in [0, 0.05) is 39.2 Å². The largest absolute Gasteiger partial charge is 0.484 e. The number of benzene rings is 1. The Morgan fingerprint density at radius 1 is 1.33 bits per heavy atom. The van der Waals surface area contributed by atoms with Crippen LogP contribution in [-0.4, -0.2) is 12.0 Å². The molecule has 1 aliphatic heterocycles. The van der Waals surface area contributed by atoms with E-state index < -0.39 is 0 Å². The maximum absolute atomic E-state index is 13.5. The third kappa shape index (κ3) is 2.98. The molecule has 0 radical (unpaired) electrons. The number of fused-ring (bicyclic) bond motifs is 1. The fourth-order valence-electron chi connectivity index (χ4n) is 2.54. The van der Waals surface area contributed by atoms with Gasteiger partial charge in [0.15, 0.2) is 0 Å². The van der Waals surface area contributed by atoms with Crippen molar-refractivity contribution >= 4 is 31.9 Å². The van der Waals surface area contributed by atoms with E-state index in [0.717, 1.165) is 26.6 Å². The van der Waals surface area contributed by atoms with E-state index in [9.17, 15) is 4.39 Å². The maximum atomic E-state index is 13.5. The van der Waals surface area contributed by atoms with Crippen LogP contribution in [0.4, 0.5) is 4.39 Å². The summed E-state index contributed by atoms with van der Waals surface area (Å²) < 4.78 is 21.2. The topological polar surface area (TPSA) is 34.2 Å². The molecular weight excluding hydrogens is 403 g/mol. The molecule has 0 aliphatic carbocycles. The van der Waals surface area contributed by atoms with Crippen LogP contribution in [0.3, 0.4) is 0 Å². The van der Waals surface area contributed by atoms with E-state index in [4.69, 9.17) is 4.74 Å². The quantitative estimate of drug-likeness (QED) is 0.782. The predicted molar refractivity (Wildman–Crippen MR) is 85.8 cm³/mol. The number of pyridine rings is 1. The van der Waals surface area contributed by atoms with Gasteiger partial charge in [0.05, 0.1) is 5.69 Å². The van der Waals surface area contributed by atoms with Crippen LogP contribution < -0.4 is 10.1 Å². The van der Waals surface area contributed by atoms with Gasteiger partial charge in [-0.3, -0.25) is 4.98 Å². The van der Waals surface area contributed by atoms with Crippen molar-refractivity contribution in [2.24, 2.45) is 0 Å². The van der Waals surface area contributed by atoms with Gasteiger partial charge < -0.3 is 10.1 Å². The molecule has 1 aromatic heterocycles. The highest BCUT2D eigenvalue weighted by Crippen LogP contribution is 2.42. The molecule has 1 aliphatic rings. The molecule has 1 aromatic carbocycles. The second kappa shape index (κ2) is 6.02. The maximum Gasteiger partial charge on any atom is 0.143 e. The van der Waals surface area contributed by atoms with Crippen LogP contribution in [0.1, 0.15) is 29.8 Å². The fourth-order valence-corrected chi connectivity index (χ4v) is 3.79. The summed E-state index contributed by atoms with van der Waals surface area (Å²) in [5.41, 5.74) is 1.79. The Bertz CT molecular complexity index is 681. The lowest BCUT2D eigenvalue weighted by Gasteiger charge is -2.32. The van der Waals surface area contributed by atoms with Crippen LogP contribution in [-0.2, 0) is 0 Å². The molecule has 0 spiro atoms. The van der Waals surface area contributed by atoms with Crippen molar-refractivity contribution in [3.8, 4) is 5.75 Å². The molecule has 0 bridgehead atoms. The molecule has 0 saturated carbocycles. The van der Waals surface area contributed by atoms with Crippen molar-refractivity contribution in [1.29, 1.82) is 0 Å². The minimum absolute atomic E-state index is 0.108. The van der Waals surface area contributed by atoms with Crippen molar-refractivity contribution < 1.29 is 9.13 Å². The van der Waals surface area contributed by atoms with Crippen molar-refractivity contribution in [2.75, 3.05) is 7.05 Å². The highest BCUT2D eigenvalue weighted by Gasteiger charge is 2.30. The number of hydrogen-bond acceptors (Lipinski definition) is 3. The number of ether oxygens (including phenoxy) is 1. The van der Waals surface area contributed by atoms with Crippen LogP contribution in [0.15, 0.2) is 39.4 Å². The van der Waals surface area contributed by atoms with Crippen molar-refractivity contribution in [3.63, 3.8) is 0 Å². The molecule has 2 heterocycles. The van der Waals surface area contributed by atoms with Gasteiger partial charge in [-0.05, 0) is 51.0 Å². The lowest BCUT2D eigenvalue weighted by molar-refractivity contribution is 0.148. The Kier molecular flexibility index (Phi) is 4.28. The molecule has 2 atom stereocenters. The summed E-state index contributed by atoms with van der Waals surface area (Å²) in [6.07, 6.45) is 2.25. The first-order chi connectivity index (χ1) is 10.1. The second-order valence-corrected chi connectivity index (χ2v) is 6.66. The van der Waals surface area contributed by atoms with Crippen LogP contribution in [0.5, 0.6) is 5.75 Å². The average molecular weight is 416 g/mol. The number of nitrogens with one attached hydrogen (secondary N) is 1. The van der Waals surface area contributed by atoms with E-state index in [1.165, 1.54) is 12.1 Å². The minimum atomic E-state index is -0.299. The molecule has 110 valence electrons. The molecule has 0 fully saturated rings. The van der Waals surface area contributed by atoms with Gasteiger partial charge in [0.1, 0.15) is 17.7 Å². The molecular formula is C15H13Br2FN2O. The Balaban J connectivity index is 1.99. The third-order valence-electron chi connectivity index (χ3n) is 3.56. The van der Waals surface area contributed by atoms with Crippen LogP contribution >= 0.6 is 31.9 Å². The van der Waals surface area contributed by atoms with Crippen LogP contribution in [0.2, 0.25) is 0 Å². The molecule has 3 rings (SSSR count). The summed E-state index contributed by atoms with van der Waals surface area (Å²) in [5, 5.41) is 3.26. The third-order valence-corrected chi connectivity index (χ3v) is 4.63. The second-order valence-electron chi connectivity index (χ2n) is 4.89. The molecule has 2 aromatic rings. The van der Waals surface area contributed by atoms with E-state index in [1.807, 2.05) is 13.1 Å². The van der Waals surface area contributed by atoms with Crippen LogP contribution in [0.25, 0.3) is 0 Å². The summed E-state index contributed by atoms with van der Waals surface area (Å²) in [4.78, 5) is 4.43. The van der Waals surface area contributed by atoms with Gasteiger partial charge >= 0.3 is 0 Å². The zero-order chi connectivity index (χ0) is 15.0. The predicted octanol–water partition coefficient (Wildman–Crippen LogP) is 4.53. The van der Waals surface area contributed by atoms with Crippen molar-refractivity contribution in [2.45, 2.75) is 18.6 Å². The lowest BCUT2D eigenvalue weighted by Crippen LogP contribution is -2.27. The SMILES string of the molecule is CNC1CC(c2ncc(Br)cc2Br)Oc2cc(F)ccc21. The molecule has 3 nitrogen and oxygen atoms in total. The van der Waals surface area contributed by atoms with Crippen molar-refractivity contribution in [3.05, 3.63) is 56.5 Å². The number of nitrogens with zero attached hydrogens (tertiary/aromatic N) is 1. The molecule has 2 unspecified atom stereocenters. The Labute approximate surface area is 139 Å². The lowest BCUT2D eigenvalue weighted by atomic mass is 9.95. The monoisotopic (exact) mass is 414 g/mol. The minimum Gasteiger partial charge on any atom is -0.484 e. The first kappa shape index (κ1) is 14.9. The van der Waals surface area contributed by atoms with Gasteiger partial charge in [-0.25, -0.2) is 4.39 Å². The number of hydrogen-bond donors (Lipinski definition) is 1. The van der Waals surface area contributed by atoms with Gasteiger partial charge in [-0.15, -0.1) is 0 Å². The van der Waals surface area contributed by atoms with E-state index in [1.54, 1.807) is 12.3 Å². The molecule has 21 heavy (non-hydrogen) atoms. The summed E-state index contributed by atoms with van der Waals surface area (Å²) in [5.74, 6) is 0.273. The molecule has 6 heteroatoms. The first-order valence-electron chi connectivity index (χ1n) is 6.53. The number of aromatic nitrogens is 1. The Hall–Kier alpha value is -0.980. The average Bonchev–Trinajstić information content (AvgIpc) is 2.45. The highest BCUT2D eigenvalue weighted by molar-refractivity contribution is 9.11. The van der Waals surface area contributed by atoms with Gasteiger partial charge in [0.2, 0.25) is 0 Å². The molecule has 0 saturated heterocycles. The van der Waals surface area contributed by atoms with E-state index in [-0.39, 0.29) is 18.0 Å². The summed E-state index contributed by atoms with van der Waals surface area (Å²) in [7, 11) is 1.89. The summed E-state index contributed by atoms with van der Waals surface area (Å²) >= 11 is 6.90. The van der Waals surface area contributed by atoms with Gasteiger partial charge in [0.25, 0.3) is 0 Å². The Morgan fingerprint density at radius 3 is 2.86 bits per heavy atom.